The second kappa shape index (κ2) is 7.32. The first-order chi connectivity index (χ1) is 10.8. The molecular weight excluding hydrogens is 375 g/mol. The van der Waals surface area contributed by atoms with E-state index in [-0.39, 0.29) is 11.5 Å². The number of anilines is 1. The van der Waals surface area contributed by atoms with Crippen LogP contribution in [0.2, 0.25) is 0 Å². The molecule has 0 unspecified atom stereocenters. The zero-order valence-electron chi connectivity index (χ0n) is 11.6. The van der Waals surface area contributed by atoms with Gasteiger partial charge in [-0.3, -0.25) is 4.79 Å². The summed E-state index contributed by atoms with van der Waals surface area (Å²) >= 11 is 3.28. The summed E-state index contributed by atoms with van der Waals surface area (Å²) in [5.74, 6) is -0.500. The van der Waals surface area contributed by atoms with E-state index in [4.69, 9.17) is 0 Å². The van der Waals surface area contributed by atoms with Crippen molar-refractivity contribution in [3.05, 3.63) is 70.8 Å². The van der Waals surface area contributed by atoms with E-state index in [1.807, 2.05) is 0 Å². The van der Waals surface area contributed by atoms with Crippen molar-refractivity contribution in [1.29, 1.82) is 0 Å². The van der Waals surface area contributed by atoms with Gasteiger partial charge in [-0.25, -0.2) is 0 Å². The lowest BCUT2D eigenvalue weighted by Crippen LogP contribution is -2.16. The Morgan fingerprint density at radius 2 is 1.65 bits per heavy atom. The second-order valence-corrected chi connectivity index (χ2v) is 5.34. The fourth-order valence-electron chi connectivity index (χ4n) is 1.68. The number of benzene rings is 2. The van der Waals surface area contributed by atoms with Crippen molar-refractivity contribution < 1.29 is 22.7 Å². The molecule has 0 fully saturated rings. The molecule has 0 aromatic heterocycles. The average Bonchev–Trinajstić information content (AvgIpc) is 2.48. The molecule has 0 atom stereocenters. The van der Waals surface area contributed by atoms with Gasteiger partial charge in [-0.15, -0.1) is 13.2 Å². The normalized spacial score (nSPS) is 11.5. The summed E-state index contributed by atoms with van der Waals surface area (Å²) < 4.78 is 40.7. The predicted molar refractivity (Wildman–Crippen MR) is 84.4 cm³/mol. The molecule has 2 aromatic carbocycles. The highest BCUT2D eigenvalue weighted by Gasteiger charge is 2.30. The molecule has 0 aliphatic heterocycles. The third-order valence-corrected chi connectivity index (χ3v) is 3.23. The van der Waals surface area contributed by atoms with Gasteiger partial charge < -0.3 is 10.1 Å². The molecule has 0 saturated carbocycles. The van der Waals surface area contributed by atoms with Crippen molar-refractivity contribution in [3.63, 3.8) is 0 Å². The number of alkyl halides is 3. The van der Waals surface area contributed by atoms with Crippen molar-refractivity contribution in [2.45, 2.75) is 6.36 Å². The highest BCUT2D eigenvalue weighted by atomic mass is 79.9. The van der Waals surface area contributed by atoms with Gasteiger partial charge in [0.05, 0.1) is 0 Å². The van der Waals surface area contributed by atoms with Crippen LogP contribution in [-0.4, -0.2) is 12.1 Å². The van der Waals surface area contributed by atoms with Crippen LogP contribution in [0.3, 0.4) is 0 Å². The first-order valence-electron chi connectivity index (χ1n) is 6.42. The van der Waals surface area contributed by atoms with Crippen LogP contribution in [0.1, 0.15) is 10.4 Å². The number of allylic oxidation sites excluding steroid dienone is 1. The zero-order chi connectivity index (χ0) is 16.9. The fraction of sp³-hybridized carbons (Fsp3) is 0.0625. The highest BCUT2D eigenvalue weighted by Crippen LogP contribution is 2.23. The van der Waals surface area contributed by atoms with E-state index >= 15 is 0 Å². The molecule has 0 heterocycles. The van der Waals surface area contributed by atoms with E-state index < -0.39 is 6.36 Å². The molecule has 3 nitrogen and oxygen atoms in total. The molecule has 0 aliphatic rings. The number of hydrogen-bond donors (Lipinski definition) is 1. The average molecular weight is 386 g/mol. The smallest absolute Gasteiger partial charge is 0.406 e. The SMILES string of the molecule is O=C(/C=C/Nc1ccc(OC(F)(F)F)cc1)c1ccc(Br)cc1. The molecule has 0 radical (unpaired) electrons. The summed E-state index contributed by atoms with van der Waals surface area (Å²) in [5, 5.41) is 2.80. The molecule has 0 aliphatic carbocycles. The Labute approximate surface area is 138 Å². The number of ketones is 1. The van der Waals surface area contributed by atoms with Crippen molar-refractivity contribution in [2.75, 3.05) is 5.32 Å². The van der Waals surface area contributed by atoms with Crippen LogP contribution in [-0.2, 0) is 0 Å². The van der Waals surface area contributed by atoms with Crippen LogP contribution in [0.4, 0.5) is 18.9 Å². The number of rotatable bonds is 5. The van der Waals surface area contributed by atoms with Crippen LogP contribution in [0, 0.1) is 0 Å². The van der Waals surface area contributed by atoms with Crippen molar-refractivity contribution in [3.8, 4) is 5.75 Å². The van der Waals surface area contributed by atoms with E-state index in [1.165, 1.54) is 36.5 Å². The van der Waals surface area contributed by atoms with Gasteiger partial charge in [-0.1, -0.05) is 15.9 Å². The maximum Gasteiger partial charge on any atom is 0.573 e. The molecule has 1 N–H and O–H groups in total. The van der Waals surface area contributed by atoms with Gasteiger partial charge >= 0.3 is 6.36 Å². The lowest BCUT2D eigenvalue weighted by Gasteiger charge is -2.09. The number of halogens is 4. The first-order valence-corrected chi connectivity index (χ1v) is 7.21. The Morgan fingerprint density at radius 3 is 2.22 bits per heavy atom. The van der Waals surface area contributed by atoms with Crippen LogP contribution in [0.25, 0.3) is 0 Å². The number of nitrogens with one attached hydrogen (secondary N) is 1. The molecule has 0 spiro atoms. The van der Waals surface area contributed by atoms with Crippen LogP contribution < -0.4 is 10.1 Å². The Kier molecular flexibility index (Phi) is 5.44. The maximum absolute atomic E-state index is 12.0. The molecule has 0 saturated heterocycles. The zero-order valence-corrected chi connectivity index (χ0v) is 13.2. The number of carbonyl (C=O) groups is 1. The molecule has 23 heavy (non-hydrogen) atoms. The van der Waals surface area contributed by atoms with E-state index in [9.17, 15) is 18.0 Å². The standard InChI is InChI=1S/C16H11BrF3NO2/c17-12-3-1-11(2-4-12)15(22)9-10-21-13-5-7-14(8-6-13)23-16(18,19)20/h1-10,21H/b10-9+. The van der Waals surface area contributed by atoms with Crippen LogP contribution in [0.5, 0.6) is 5.75 Å². The molecule has 0 bridgehead atoms. The predicted octanol–water partition coefficient (Wildman–Crippen LogP) is 5.16. The van der Waals surface area contributed by atoms with Gasteiger partial charge in [0.1, 0.15) is 5.75 Å². The van der Waals surface area contributed by atoms with Crippen molar-refractivity contribution in [1.82, 2.24) is 0 Å². The minimum atomic E-state index is -4.72. The van der Waals surface area contributed by atoms with Gasteiger partial charge in [0.15, 0.2) is 5.78 Å². The quantitative estimate of drug-likeness (QED) is 0.570. The topological polar surface area (TPSA) is 38.3 Å². The Hall–Kier alpha value is -2.28. The summed E-state index contributed by atoms with van der Waals surface area (Å²) in [6, 6.07) is 12.1. The molecular formula is C16H11BrF3NO2. The van der Waals surface area contributed by atoms with Gasteiger partial charge in [-0.05, 0) is 48.5 Å². The monoisotopic (exact) mass is 385 g/mol. The van der Waals surface area contributed by atoms with E-state index in [1.54, 1.807) is 24.3 Å². The fourth-order valence-corrected chi connectivity index (χ4v) is 1.94. The Balaban J connectivity index is 1.92. The molecule has 120 valence electrons. The first kappa shape index (κ1) is 17.1. The van der Waals surface area contributed by atoms with E-state index in [2.05, 4.69) is 26.0 Å². The number of carbonyl (C=O) groups excluding carboxylic acids is 1. The maximum atomic E-state index is 12.0. The lowest BCUT2D eigenvalue weighted by atomic mass is 10.1. The van der Waals surface area contributed by atoms with Crippen molar-refractivity contribution in [2.24, 2.45) is 0 Å². The number of ether oxygens (including phenoxy) is 1. The van der Waals surface area contributed by atoms with Crippen LogP contribution in [0.15, 0.2) is 65.3 Å². The largest absolute Gasteiger partial charge is 0.573 e. The summed E-state index contributed by atoms with van der Waals surface area (Å²) in [4.78, 5) is 11.9. The lowest BCUT2D eigenvalue weighted by molar-refractivity contribution is -0.274. The minimum Gasteiger partial charge on any atom is -0.406 e. The van der Waals surface area contributed by atoms with E-state index in [0.717, 1.165) is 4.47 Å². The van der Waals surface area contributed by atoms with Gasteiger partial charge in [0.25, 0.3) is 0 Å². The van der Waals surface area contributed by atoms with E-state index in [0.29, 0.717) is 11.3 Å². The molecule has 0 amide bonds. The third-order valence-electron chi connectivity index (χ3n) is 2.70. The van der Waals surface area contributed by atoms with Gasteiger partial charge in [0.2, 0.25) is 0 Å². The number of hydrogen-bond acceptors (Lipinski definition) is 3. The van der Waals surface area contributed by atoms with Crippen LogP contribution >= 0.6 is 15.9 Å². The molecule has 2 aromatic rings. The summed E-state index contributed by atoms with van der Waals surface area (Å²) in [7, 11) is 0. The van der Waals surface area contributed by atoms with Gasteiger partial charge in [-0.2, -0.15) is 0 Å². The highest BCUT2D eigenvalue weighted by molar-refractivity contribution is 9.10. The summed E-state index contributed by atoms with van der Waals surface area (Å²) in [6.45, 7) is 0. The molecule has 7 heteroatoms. The summed E-state index contributed by atoms with van der Waals surface area (Å²) in [5.41, 5.74) is 1.06. The minimum absolute atomic E-state index is 0.193. The third kappa shape index (κ3) is 5.78. The Bertz CT molecular complexity index is 695. The second-order valence-electron chi connectivity index (χ2n) is 4.42. The summed E-state index contributed by atoms with van der Waals surface area (Å²) in [6.07, 6.45) is -1.96. The van der Waals surface area contributed by atoms with Crippen molar-refractivity contribution >= 4 is 27.4 Å². The van der Waals surface area contributed by atoms with Gasteiger partial charge in [0, 0.05) is 28.0 Å². The molecule has 2 rings (SSSR count). The Morgan fingerprint density at radius 1 is 1.04 bits per heavy atom.